The second-order valence-corrected chi connectivity index (χ2v) is 6.04. The van der Waals surface area contributed by atoms with Crippen LogP contribution >= 0.6 is 0 Å². The van der Waals surface area contributed by atoms with Crippen LogP contribution in [0.15, 0.2) is 54.6 Å². The van der Waals surface area contributed by atoms with Gasteiger partial charge in [-0.3, -0.25) is 4.79 Å². The predicted octanol–water partition coefficient (Wildman–Crippen LogP) is 3.34. The van der Waals surface area contributed by atoms with Crippen LogP contribution < -0.4 is 5.32 Å². The summed E-state index contributed by atoms with van der Waals surface area (Å²) in [4.78, 5) is 12.1. The molecule has 0 saturated carbocycles. The van der Waals surface area contributed by atoms with Crippen molar-refractivity contribution in [1.82, 2.24) is 5.32 Å². The molecule has 23 heavy (non-hydrogen) atoms. The van der Waals surface area contributed by atoms with Crippen molar-refractivity contribution in [2.45, 2.75) is 31.8 Å². The van der Waals surface area contributed by atoms with Crippen LogP contribution in [0.2, 0.25) is 0 Å². The Kier molecular flexibility index (Phi) is 5.50. The lowest BCUT2D eigenvalue weighted by atomic mass is 9.95. The molecule has 0 heterocycles. The minimum absolute atomic E-state index is 0.111. The molecule has 0 aliphatic heterocycles. The van der Waals surface area contributed by atoms with E-state index in [1.165, 1.54) is 6.07 Å². The fraction of sp³-hybridized carbons (Fsp3) is 0.316. The molecule has 2 aromatic carbocycles. The molecule has 0 aromatic heterocycles. The number of nitrogens with one attached hydrogen (secondary N) is 1. The summed E-state index contributed by atoms with van der Waals surface area (Å²) < 4.78 is 13.7. The van der Waals surface area contributed by atoms with Crippen LogP contribution in [0.1, 0.15) is 37.3 Å². The van der Waals surface area contributed by atoms with Gasteiger partial charge in [0, 0.05) is 6.42 Å². The van der Waals surface area contributed by atoms with Crippen molar-refractivity contribution in [3.8, 4) is 0 Å². The third kappa shape index (κ3) is 4.63. The Labute approximate surface area is 136 Å². The number of aliphatic hydroxyl groups is 1. The van der Waals surface area contributed by atoms with E-state index >= 15 is 0 Å². The predicted molar refractivity (Wildman–Crippen MR) is 88.5 cm³/mol. The summed E-state index contributed by atoms with van der Waals surface area (Å²) in [6.45, 7) is 3.58. The van der Waals surface area contributed by atoms with Gasteiger partial charge in [0.1, 0.15) is 11.4 Å². The largest absolute Gasteiger partial charge is 0.384 e. The van der Waals surface area contributed by atoms with E-state index in [4.69, 9.17) is 0 Å². The second kappa shape index (κ2) is 7.38. The number of rotatable bonds is 6. The number of hydrogen-bond acceptors (Lipinski definition) is 2. The van der Waals surface area contributed by atoms with Crippen LogP contribution in [0.3, 0.4) is 0 Å². The van der Waals surface area contributed by atoms with Crippen molar-refractivity contribution in [3.05, 3.63) is 71.5 Å². The molecule has 3 nitrogen and oxygen atoms in total. The summed E-state index contributed by atoms with van der Waals surface area (Å²) in [5.74, 6) is -0.737. The third-order valence-electron chi connectivity index (χ3n) is 3.95. The highest BCUT2D eigenvalue weighted by atomic mass is 19.1. The van der Waals surface area contributed by atoms with E-state index in [-0.39, 0.29) is 30.6 Å². The molecule has 0 aliphatic rings. The van der Waals surface area contributed by atoms with Crippen LogP contribution in [-0.2, 0) is 10.4 Å². The maximum Gasteiger partial charge on any atom is 0.220 e. The second-order valence-electron chi connectivity index (χ2n) is 6.04. The molecule has 0 spiro atoms. The Morgan fingerprint density at radius 3 is 2.43 bits per heavy atom. The smallest absolute Gasteiger partial charge is 0.220 e. The van der Waals surface area contributed by atoms with Crippen LogP contribution in [0.25, 0.3) is 0 Å². The quantitative estimate of drug-likeness (QED) is 0.859. The van der Waals surface area contributed by atoms with Crippen molar-refractivity contribution >= 4 is 5.91 Å². The Balaban J connectivity index is 1.91. The monoisotopic (exact) mass is 315 g/mol. The molecule has 1 amide bonds. The molecule has 0 saturated heterocycles. The van der Waals surface area contributed by atoms with Crippen LogP contribution in [0.5, 0.6) is 0 Å². The van der Waals surface area contributed by atoms with Gasteiger partial charge in [-0.1, -0.05) is 55.5 Å². The molecule has 0 aliphatic carbocycles. The normalized spacial score (nSPS) is 14.8. The number of halogens is 1. The Bertz CT molecular complexity index is 655. The van der Waals surface area contributed by atoms with E-state index in [2.05, 4.69) is 5.32 Å². The minimum Gasteiger partial charge on any atom is -0.384 e. The van der Waals surface area contributed by atoms with Gasteiger partial charge in [-0.2, -0.15) is 0 Å². The topological polar surface area (TPSA) is 49.3 Å². The van der Waals surface area contributed by atoms with Crippen LogP contribution in [-0.4, -0.2) is 17.6 Å². The van der Waals surface area contributed by atoms with Crippen LogP contribution in [0, 0.1) is 5.82 Å². The zero-order valence-electron chi connectivity index (χ0n) is 13.4. The highest BCUT2D eigenvalue weighted by Gasteiger charge is 2.24. The average Bonchev–Trinajstić information content (AvgIpc) is 2.54. The first-order valence-corrected chi connectivity index (χ1v) is 7.69. The summed E-state index contributed by atoms with van der Waals surface area (Å²) in [7, 11) is 0. The first-order valence-electron chi connectivity index (χ1n) is 7.69. The van der Waals surface area contributed by atoms with Gasteiger partial charge in [0.05, 0.1) is 6.54 Å². The van der Waals surface area contributed by atoms with Gasteiger partial charge in [-0.25, -0.2) is 4.39 Å². The Morgan fingerprint density at radius 1 is 1.17 bits per heavy atom. The molecule has 2 N–H and O–H groups in total. The average molecular weight is 315 g/mol. The molecule has 4 heteroatoms. The standard InChI is InChI=1S/C19H22FNO2/c1-14(16-10-6-7-11-17(16)20)12-18(22)21-13-19(2,23)15-8-4-3-5-9-15/h3-11,14,23H,12-13H2,1-2H3,(H,21,22). The van der Waals surface area contributed by atoms with E-state index in [1.807, 2.05) is 37.3 Å². The number of amides is 1. The maximum atomic E-state index is 13.7. The van der Waals surface area contributed by atoms with Crippen molar-refractivity contribution in [1.29, 1.82) is 0 Å². The van der Waals surface area contributed by atoms with Crippen molar-refractivity contribution in [2.75, 3.05) is 6.54 Å². The maximum absolute atomic E-state index is 13.7. The summed E-state index contributed by atoms with van der Waals surface area (Å²) in [5, 5.41) is 13.2. The molecule has 0 bridgehead atoms. The highest BCUT2D eigenvalue weighted by Crippen LogP contribution is 2.22. The van der Waals surface area contributed by atoms with Gasteiger partial charge in [-0.15, -0.1) is 0 Å². The molecule has 2 rings (SSSR count). The Morgan fingerprint density at radius 2 is 1.78 bits per heavy atom. The molecule has 2 atom stereocenters. The zero-order valence-corrected chi connectivity index (χ0v) is 13.4. The number of benzene rings is 2. The molecule has 2 unspecified atom stereocenters. The van der Waals surface area contributed by atoms with Gasteiger partial charge in [0.25, 0.3) is 0 Å². The number of carbonyl (C=O) groups is 1. The molecule has 0 radical (unpaired) electrons. The fourth-order valence-electron chi connectivity index (χ4n) is 2.50. The van der Waals surface area contributed by atoms with E-state index in [0.29, 0.717) is 5.56 Å². The molecule has 2 aromatic rings. The third-order valence-corrected chi connectivity index (χ3v) is 3.95. The first kappa shape index (κ1) is 17.2. The summed E-state index contributed by atoms with van der Waals surface area (Å²) in [5.41, 5.74) is 0.123. The zero-order chi connectivity index (χ0) is 16.9. The van der Waals surface area contributed by atoms with E-state index in [9.17, 15) is 14.3 Å². The lowest BCUT2D eigenvalue weighted by Gasteiger charge is -2.24. The molecule has 0 fully saturated rings. The Hall–Kier alpha value is -2.20. The van der Waals surface area contributed by atoms with Crippen LogP contribution in [0.4, 0.5) is 4.39 Å². The van der Waals surface area contributed by atoms with Gasteiger partial charge in [0.2, 0.25) is 5.91 Å². The van der Waals surface area contributed by atoms with Gasteiger partial charge >= 0.3 is 0 Å². The number of carbonyl (C=O) groups excluding carboxylic acids is 1. The lowest BCUT2D eigenvalue weighted by molar-refractivity contribution is -0.122. The summed E-state index contributed by atoms with van der Waals surface area (Å²) in [6, 6.07) is 15.6. The van der Waals surface area contributed by atoms with E-state index < -0.39 is 5.60 Å². The van der Waals surface area contributed by atoms with Crippen molar-refractivity contribution in [3.63, 3.8) is 0 Å². The molecular formula is C19H22FNO2. The van der Waals surface area contributed by atoms with E-state index in [1.54, 1.807) is 25.1 Å². The van der Waals surface area contributed by atoms with Gasteiger partial charge in [-0.05, 0) is 30.0 Å². The number of hydrogen-bond donors (Lipinski definition) is 2. The highest BCUT2D eigenvalue weighted by molar-refractivity contribution is 5.77. The van der Waals surface area contributed by atoms with Gasteiger partial charge in [0.15, 0.2) is 0 Å². The minimum atomic E-state index is -1.14. The van der Waals surface area contributed by atoms with E-state index in [0.717, 1.165) is 5.56 Å². The molecule has 122 valence electrons. The van der Waals surface area contributed by atoms with Crippen molar-refractivity contribution < 1.29 is 14.3 Å². The van der Waals surface area contributed by atoms with Crippen molar-refractivity contribution in [2.24, 2.45) is 0 Å². The summed E-state index contributed by atoms with van der Waals surface area (Å²) in [6.07, 6.45) is 0.172. The van der Waals surface area contributed by atoms with Gasteiger partial charge < -0.3 is 10.4 Å². The SMILES string of the molecule is CC(CC(=O)NCC(C)(O)c1ccccc1)c1ccccc1F. The fourth-order valence-corrected chi connectivity index (χ4v) is 2.50. The first-order chi connectivity index (χ1) is 10.9. The lowest BCUT2D eigenvalue weighted by Crippen LogP contribution is -2.38. The molecular weight excluding hydrogens is 293 g/mol. The summed E-state index contributed by atoms with van der Waals surface area (Å²) >= 11 is 0.